The maximum Gasteiger partial charge on any atom is 0.323 e. The van der Waals surface area contributed by atoms with Crippen molar-refractivity contribution >= 4 is 28.4 Å². The second kappa shape index (κ2) is 10.1. The summed E-state index contributed by atoms with van der Waals surface area (Å²) in [5.41, 5.74) is 5.64. The first kappa shape index (κ1) is 22.7. The number of ether oxygens (including phenoxy) is 2. The largest absolute Gasteiger partial charge is 0.486 e. The monoisotopic (exact) mass is 490 g/mol. The number of hydrogen-bond donors (Lipinski definition) is 2. The first-order valence-electron chi connectivity index (χ1n) is 12.3. The van der Waals surface area contributed by atoms with Crippen molar-refractivity contribution in [3.63, 3.8) is 0 Å². The van der Waals surface area contributed by atoms with Gasteiger partial charge in [0.05, 0.1) is 11.0 Å². The second-order valence-electron chi connectivity index (χ2n) is 8.83. The molecule has 0 bridgehead atoms. The molecule has 1 aliphatic heterocycles. The third-order valence-electron chi connectivity index (χ3n) is 6.27. The Labute approximate surface area is 214 Å². The molecule has 184 valence electrons. The molecule has 0 unspecified atom stereocenters. The third-order valence-corrected chi connectivity index (χ3v) is 6.27. The Morgan fingerprint density at radius 3 is 2.38 bits per heavy atom. The molecule has 0 spiro atoms. The standard InChI is InChI=1S/C30H26N4O3/c35-30(32-23-14-15-27-28(20-23)37-18-17-36-27)31-22-8-6-7-21(19-22)13-16-29-33-25-11-4-5-12-26(25)34(29)24-9-2-1-3-10-24/h1-12,14-15,19-20H,13,16-18H2,(H2,31,32,35). The summed E-state index contributed by atoms with van der Waals surface area (Å²) >= 11 is 0. The average molecular weight is 491 g/mol. The van der Waals surface area contributed by atoms with Crippen LogP contribution < -0.4 is 20.1 Å². The van der Waals surface area contributed by atoms with Crippen LogP contribution in [0.2, 0.25) is 0 Å². The number of aryl methyl sites for hydroxylation is 2. The van der Waals surface area contributed by atoms with Crippen molar-refractivity contribution in [2.45, 2.75) is 12.8 Å². The number of nitrogens with one attached hydrogen (secondary N) is 2. The zero-order valence-electron chi connectivity index (χ0n) is 20.2. The fraction of sp³-hybridized carbons (Fsp3) is 0.133. The molecule has 2 amide bonds. The Morgan fingerprint density at radius 1 is 0.757 bits per heavy atom. The highest BCUT2D eigenvalue weighted by Crippen LogP contribution is 2.32. The number of aromatic nitrogens is 2. The molecule has 0 radical (unpaired) electrons. The van der Waals surface area contributed by atoms with Gasteiger partial charge in [-0.2, -0.15) is 0 Å². The van der Waals surface area contributed by atoms with Crippen LogP contribution in [0.4, 0.5) is 16.2 Å². The molecule has 4 aromatic carbocycles. The summed E-state index contributed by atoms with van der Waals surface area (Å²) in [5.74, 6) is 2.32. The van der Waals surface area contributed by atoms with Crippen molar-refractivity contribution in [1.82, 2.24) is 9.55 Å². The van der Waals surface area contributed by atoms with Crippen LogP contribution in [0.5, 0.6) is 11.5 Å². The number of carbonyl (C=O) groups excluding carboxylic acids is 1. The first-order valence-corrected chi connectivity index (χ1v) is 12.3. The number of para-hydroxylation sites is 3. The molecule has 5 aromatic rings. The van der Waals surface area contributed by atoms with Gasteiger partial charge in [0, 0.05) is 29.5 Å². The lowest BCUT2D eigenvalue weighted by molar-refractivity contribution is 0.171. The molecular formula is C30H26N4O3. The molecule has 7 heteroatoms. The van der Waals surface area contributed by atoms with Gasteiger partial charge in [0.1, 0.15) is 19.0 Å². The summed E-state index contributed by atoms with van der Waals surface area (Å²) in [7, 11) is 0. The lowest BCUT2D eigenvalue weighted by atomic mass is 10.1. The second-order valence-corrected chi connectivity index (χ2v) is 8.83. The van der Waals surface area contributed by atoms with Gasteiger partial charge in [-0.3, -0.25) is 4.57 Å². The Kier molecular flexibility index (Phi) is 6.17. The molecule has 2 N–H and O–H groups in total. The summed E-state index contributed by atoms with van der Waals surface area (Å²) in [6.07, 6.45) is 1.55. The molecule has 1 aromatic heterocycles. The molecule has 2 heterocycles. The zero-order chi connectivity index (χ0) is 25.0. The summed E-state index contributed by atoms with van der Waals surface area (Å²) in [6, 6.07) is 31.4. The lowest BCUT2D eigenvalue weighted by Gasteiger charge is -2.19. The number of nitrogens with zero attached hydrogens (tertiary/aromatic N) is 2. The molecule has 0 fully saturated rings. The van der Waals surface area contributed by atoms with E-state index in [0.29, 0.717) is 30.4 Å². The number of anilines is 2. The number of fused-ring (bicyclic) bond motifs is 2. The molecule has 0 aliphatic carbocycles. The number of rotatable bonds is 6. The predicted octanol–water partition coefficient (Wildman–Crippen LogP) is 6.23. The SMILES string of the molecule is O=C(Nc1cccc(CCc2nc3ccccc3n2-c2ccccc2)c1)Nc1ccc2c(c1)OCCO2. The van der Waals surface area contributed by atoms with E-state index in [1.807, 2.05) is 54.6 Å². The van der Waals surface area contributed by atoms with E-state index in [9.17, 15) is 4.79 Å². The minimum absolute atomic E-state index is 0.320. The van der Waals surface area contributed by atoms with Gasteiger partial charge in [0.15, 0.2) is 11.5 Å². The van der Waals surface area contributed by atoms with Gasteiger partial charge in [0.2, 0.25) is 0 Å². The summed E-state index contributed by atoms with van der Waals surface area (Å²) in [5, 5.41) is 5.78. The molecule has 0 atom stereocenters. The van der Waals surface area contributed by atoms with Gasteiger partial charge in [-0.15, -0.1) is 0 Å². The molecule has 0 saturated heterocycles. The van der Waals surface area contributed by atoms with Crippen molar-refractivity contribution in [1.29, 1.82) is 0 Å². The third kappa shape index (κ3) is 4.97. The van der Waals surface area contributed by atoms with E-state index in [2.05, 4.69) is 39.5 Å². The number of urea groups is 1. The van der Waals surface area contributed by atoms with Crippen LogP contribution in [0, 0.1) is 0 Å². The van der Waals surface area contributed by atoms with Crippen LogP contribution in [0.15, 0.2) is 97.1 Å². The van der Waals surface area contributed by atoms with Crippen LogP contribution in [0.1, 0.15) is 11.4 Å². The van der Waals surface area contributed by atoms with Crippen LogP contribution in [-0.2, 0) is 12.8 Å². The highest BCUT2D eigenvalue weighted by molar-refractivity contribution is 6.00. The van der Waals surface area contributed by atoms with E-state index in [-0.39, 0.29) is 6.03 Å². The quantitative estimate of drug-likeness (QED) is 0.296. The maximum atomic E-state index is 12.6. The summed E-state index contributed by atoms with van der Waals surface area (Å²) in [4.78, 5) is 17.6. The van der Waals surface area contributed by atoms with Crippen molar-refractivity contribution < 1.29 is 14.3 Å². The maximum absolute atomic E-state index is 12.6. The van der Waals surface area contributed by atoms with E-state index in [1.165, 1.54) is 0 Å². The van der Waals surface area contributed by atoms with E-state index in [4.69, 9.17) is 14.5 Å². The van der Waals surface area contributed by atoms with Crippen LogP contribution in [-0.4, -0.2) is 28.8 Å². The van der Waals surface area contributed by atoms with Crippen molar-refractivity contribution in [3.8, 4) is 17.2 Å². The van der Waals surface area contributed by atoms with E-state index < -0.39 is 0 Å². The van der Waals surface area contributed by atoms with Crippen molar-refractivity contribution in [3.05, 3.63) is 108 Å². The minimum atomic E-state index is -0.320. The fourth-order valence-electron chi connectivity index (χ4n) is 4.58. The molecule has 0 saturated carbocycles. The molecule has 6 rings (SSSR count). The number of carbonyl (C=O) groups is 1. The topological polar surface area (TPSA) is 77.4 Å². The van der Waals surface area contributed by atoms with Crippen LogP contribution >= 0.6 is 0 Å². The van der Waals surface area contributed by atoms with Gasteiger partial charge >= 0.3 is 6.03 Å². The van der Waals surface area contributed by atoms with Crippen molar-refractivity contribution in [2.24, 2.45) is 0 Å². The van der Waals surface area contributed by atoms with E-state index >= 15 is 0 Å². The number of amides is 2. The van der Waals surface area contributed by atoms with Gasteiger partial charge in [-0.05, 0) is 60.5 Å². The number of imidazole rings is 1. The molecule has 7 nitrogen and oxygen atoms in total. The van der Waals surface area contributed by atoms with E-state index in [1.54, 1.807) is 18.2 Å². The number of hydrogen-bond acceptors (Lipinski definition) is 4. The Balaban J connectivity index is 1.15. The lowest BCUT2D eigenvalue weighted by Crippen LogP contribution is -2.20. The first-order chi connectivity index (χ1) is 18.2. The zero-order valence-corrected chi connectivity index (χ0v) is 20.2. The molecular weight excluding hydrogens is 464 g/mol. The summed E-state index contributed by atoms with van der Waals surface area (Å²) in [6.45, 7) is 1.03. The predicted molar refractivity (Wildman–Crippen MR) is 145 cm³/mol. The molecule has 1 aliphatic rings. The average Bonchev–Trinajstić information content (AvgIpc) is 3.31. The van der Waals surface area contributed by atoms with Crippen molar-refractivity contribution in [2.75, 3.05) is 23.8 Å². The van der Waals surface area contributed by atoms with Gasteiger partial charge < -0.3 is 20.1 Å². The Bertz CT molecular complexity index is 1560. The van der Waals surface area contributed by atoms with Gasteiger partial charge in [-0.25, -0.2) is 9.78 Å². The van der Waals surface area contributed by atoms with Crippen LogP contribution in [0.25, 0.3) is 16.7 Å². The highest BCUT2D eigenvalue weighted by atomic mass is 16.6. The Morgan fingerprint density at radius 2 is 1.51 bits per heavy atom. The molecule has 37 heavy (non-hydrogen) atoms. The summed E-state index contributed by atoms with van der Waals surface area (Å²) < 4.78 is 13.4. The smallest absolute Gasteiger partial charge is 0.323 e. The van der Waals surface area contributed by atoms with Gasteiger partial charge in [-0.1, -0.05) is 42.5 Å². The Hall–Kier alpha value is -4.78. The van der Waals surface area contributed by atoms with Crippen LogP contribution in [0.3, 0.4) is 0 Å². The van der Waals surface area contributed by atoms with Gasteiger partial charge in [0.25, 0.3) is 0 Å². The van der Waals surface area contributed by atoms with E-state index in [0.717, 1.165) is 46.6 Å². The normalized spacial score (nSPS) is 12.3. The fourth-order valence-corrected chi connectivity index (χ4v) is 4.58. The number of benzene rings is 4. The minimum Gasteiger partial charge on any atom is -0.486 e. The highest BCUT2D eigenvalue weighted by Gasteiger charge is 2.14.